The van der Waals surface area contributed by atoms with Crippen LogP contribution < -0.4 is 10.1 Å². The summed E-state index contributed by atoms with van der Waals surface area (Å²) in [7, 11) is 0. The van der Waals surface area contributed by atoms with E-state index >= 15 is 0 Å². The summed E-state index contributed by atoms with van der Waals surface area (Å²) >= 11 is 6.14. The average molecular weight is 346 g/mol. The second-order valence-electron chi connectivity index (χ2n) is 6.29. The molecule has 0 aliphatic heterocycles. The molecule has 2 aromatic rings. The molecule has 0 fully saturated rings. The fraction of sp³-hybridized carbons (Fsp3) is 0.350. The van der Waals surface area contributed by atoms with Crippen LogP contribution >= 0.6 is 11.6 Å². The lowest BCUT2D eigenvalue weighted by atomic mass is 10.0. The van der Waals surface area contributed by atoms with E-state index in [-0.39, 0.29) is 18.6 Å². The molecule has 1 unspecified atom stereocenters. The van der Waals surface area contributed by atoms with E-state index in [4.69, 9.17) is 16.3 Å². The molecular weight excluding hydrogens is 322 g/mol. The number of hydrogen-bond acceptors (Lipinski definition) is 2. The smallest absolute Gasteiger partial charge is 0.258 e. The molecule has 2 rings (SSSR count). The summed E-state index contributed by atoms with van der Waals surface area (Å²) in [5.74, 6) is 0.509. The predicted molar refractivity (Wildman–Crippen MR) is 98.9 cm³/mol. The van der Waals surface area contributed by atoms with E-state index in [2.05, 4.69) is 31.3 Å². The minimum Gasteiger partial charge on any atom is -0.484 e. The van der Waals surface area contributed by atoms with Gasteiger partial charge in [-0.25, -0.2) is 0 Å². The van der Waals surface area contributed by atoms with Gasteiger partial charge in [0, 0.05) is 5.02 Å². The van der Waals surface area contributed by atoms with Crippen molar-refractivity contribution in [1.29, 1.82) is 0 Å². The van der Waals surface area contributed by atoms with Crippen molar-refractivity contribution in [1.82, 2.24) is 5.32 Å². The van der Waals surface area contributed by atoms with Crippen LogP contribution in [0.25, 0.3) is 0 Å². The summed E-state index contributed by atoms with van der Waals surface area (Å²) in [6.45, 7) is 9.94. The van der Waals surface area contributed by atoms with Crippen LogP contribution in [0.15, 0.2) is 30.3 Å². The Hall–Kier alpha value is -2.00. The maximum Gasteiger partial charge on any atom is 0.258 e. The largest absolute Gasteiger partial charge is 0.484 e. The lowest BCUT2D eigenvalue weighted by Crippen LogP contribution is -2.31. The van der Waals surface area contributed by atoms with Crippen molar-refractivity contribution < 1.29 is 9.53 Å². The lowest BCUT2D eigenvalue weighted by Gasteiger charge is -2.16. The zero-order chi connectivity index (χ0) is 17.9. The Balaban J connectivity index is 1.94. The fourth-order valence-corrected chi connectivity index (χ4v) is 2.65. The molecule has 0 aliphatic carbocycles. The van der Waals surface area contributed by atoms with Gasteiger partial charge in [0.25, 0.3) is 5.91 Å². The maximum absolute atomic E-state index is 12.1. The van der Waals surface area contributed by atoms with Gasteiger partial charge < -0.3 is 10.1 Å². The summed E-state index contributed by atoms with van der Waals surface area (Å²) in [6.07, 6.45) is 0. The SMILES string of the molecule is Cc1ccc(C(C)NC(=O)COc2cc(C)c(Cl)c(C)c2)cc1C. The molecule has 0 saturated heterocycles. The first-order valence-corrected chi connectivity index (χ1v) is 8.41. The van der Waals surface area contributed by atoms with Crippen molar-refractivity contribution in [2.24, 2.45) is 0 Å². The van der Waals surface area contributed by atoms with E-state index in [1.54, 1.807) is 0 Å². The van der Waals surface area contributed by atoms with E-state index in [9.17, 15) is 4.79 Å². The van der Waals surface area contributed by atoms with Crippen molar-refractivity contribution in [3.8, 4) is 5.75 Å². The Kier molecular flexibility index (Phi) is 5.89. The molecule has 0 heterocycles. The number of benzene rings is 2. The zero-order valence-corrected chi connectivity index (χ0v) is 15.6. The van der Waals surface area contributed by atoms with Crippen molar-refractivity contribution >= 4 is 17.5 Å². The van der Waals surface area contributed by atoms with E-state index in [1.165, 1.54) is 11.1 Å². The minimum absolute atomic E-state index is 0.0182. The summed E-state index contributed by atoms with van der Waals surface area (Å²) < 4.78 is 5.59. The number of halogens is 1. The van der Waals surface area contributed by atoms with E-state index in [0.717, 1.165) is 21.7 Å². The third kappa shape index (κ3) is 4.51. The molecule has 0 saturated carbocycles. The molecule has 1 amide bonds. The highest BCUT2D eigenvalue weighted by Crippen LogP contribution is 2.25. The van der Waals surface area contributed by atoms with E-state index in [1.807, 2.05) is 39.0 Å². The molecule has 1 N–H and O–H groups in total. The molecule has 0 radical (unpaired) electrons. The van der Waals surface area contributed by atoms with Gasteiger partial charge >= 0.3 is 0 Å². The van der Waals surface area contributed by atoms with Crippen LogP contribution in [-0.2, 0) is 4.79 Å². The van der Waals surface area contributed by atoms with Crippen LogP contribution in [0.4, 0.5) is 0 Å². The minimum atomic E-state index is -0.147. The van der Waals surface area contributed by atoms with Crippen LogP contribution in [0.1, 0.15) is 40.8 Å². The number of ether oxygens (including phenoxy) is 1. The predicted octanol–water partition coefficient (Wildman–Crippen LogP) is 4.83. The molecule has 128 valence electrons. The van der Waals surface area contributed by atoms with Crippen LogP contribution in [0.5, 0.6) is 5.75 Å². The van der Waals surface area contributed by atoms with Crippen LogP contribution in [0.2, 0.25) is 5.02 Å². The monoisotopic (exact) mass is 345 g/mol. The summed E-state index contributed by atoms with van der Waals surface area (Å²) in [5, 5.41) is 3.70. The third-order valence-electron chi connectivity index (χ3n) is 4.19. The zero-order valence-electron chi connectivity index (χ0n) is 14.9. The molecule has 0 spiro atoms. The molecule has 24 heavy (non-hydrogen) atoms. The van der Waals surface area contributed by atoms with Gasteiger partial charge in [-0.3, -0.25) is 4.79 Å². The topological polar surface area (TPSA) is 38.3 Å². The summed E-state index contributed by atoms with van der Waals surface area (Å²) in [4.78, 5) is 12.1. The van der Waals surface area contributed by atoms with Gasteiger partial charge in [0.1, 0.15) is 5.75 Å². The van der Waals surface area contributed by atoms with Crippen LogP contribution in [-0.4, -0.2) is 12.5 Å². The fourth-order valence-electron chi connectivity index (χ4n) is 2.54. The lowest BCUT2D eigenvalue weighted by molar-refractivity contribution is -0.123. The maximum atomic E-state index is 12.1. The normalized spacial score (nSPS) is 11.9. The first kappa shape index (κ1) is 18.3. The van der Waals surface area contributed by atoms with Gasteiger partial charge in [-0.1, -0.05) is 29.8 Å². The van der Waals surface area contributed by atoms with Gasteiger partial charge in [0.2, 0.25) is 0 Å². The molecule has 0 aliphatic rings. The van der Waals surface area contributed by atoms with Crippen molar-refractivity contribution in [2.75, 3.05) is 6.61 Å². The molecule has 1 atom stereocenters. The van der Waals surface area contributed by atoms with Gasteiger partial charge in [-0.15, -0.1) is 0 Å². The van der Waals surface area contributed by atoms with Crippen molar-refractivity contribution in [3.63, 3.8) is 0 Å². The summed E-state index contributed by atoms with van der Waals surface area (Å²) in [6, 6.07) is 9.84. The number of carbonyl (C=O) groups is 1. The second-order valence-corrected chi connectivity index (χ2v) is 6.67. The Morgan fingerprint density at radius 3 is 2.25 bits per heavy atom. The Morgan fingerprint density at radius 2 is 1.67 bits per heavy atom. The van der Waals surface area contributed by atoms with E-state index < -0.39 is 0 Å². The van der Waals surface area contributed by atoms with Gasteiger partial charge in [-0.05, 0) is 74.6 Å². The summed E-state index contributed by atoms with van der Waals surface area (Å²) in [5.41, 5.74) is 5.43. The van der Waals surface area contributed by atoms with Crippen LogP contribution in [0, 0.1) is 27.7 Å². The Labute approximate surface area is 149 Å². The highest BCUT2D eigenvalue weighted by atomic mass is 35.5. The van der Waals surface area contributed by atoms with Crippen molar-refractivity contribution in [3.05, 3.63) is 63.2 Å². The number of rotatable bonds is 5. The van der Waals surface area contributed by atoms with Gasteiger partial charge in [-0.2, -0.15) is 0 Å². The van der Waals surface area contributed by atoms with E-state index in [0.29, 0.717) is 5.75 Å². The first-order chi connectivity index (χ1) is 11.3. The number of carbonyl (C=O) groups excluding carboxylic acids is 1. The molecule has 0 aromatic heterocycles. The highest BCUT2D eigenvalue weighted by Gasteiger charge is 2.11. The molecule has 3 nitrogen and oxygen atoms in total. The highest BCUT2D eigenvalue weighted by molar-refractivity contribution is 6.32. The Bertz CT molecular complexity index is 732. The first-order valence-electron chi connectivity index (χ1n) is 8.04. The quantitative estimate of drug-likeness (QED) is 0.842. The van der Waals surface area contributed by atoms with Crippen LogP contribution in [0.3, 0.4) is 0 Å². The van der Waals surface area contributed by atoms with Gasteiger partial charge in [0.15, 0.2) is 6.61 Å². The third-order valence-corrected chi connectivity index (χ3v) is 4.78. The number of amides is 1. The standard InChI is InChI=1S/C20H24ClNO2/c1-12-6-7-17(8-13(12)2)16(5)22-19(23)11-24-18-9-14(3)20(21)15(4)10-18/h6-10,16H,11H2,1-5H3,(H,22,23). The van der Waals surface area contributed by atoms with Gasteiger partial charge in [0.05, 0.1) is 6.04 Å². The van der Waals surface area contributed by atoms with Crippen molar-refractivity contribution in [2.45, 2.75) is 40.7 Å². The molecular formula is C20H24ClNO2. The second kappa shape index (κ2) is 7.71. The Morgan fingerprint density at radius 1 is 1.04 bits per heavy atom. The number of hydrogen-bond donors (Lipinski definition) is 1. The number of aryl methyl sites for hydroxylation is 4. The number of nitrogens with one attached hydrogen (secondary N) is 1. The molecule has 4 heteroatoms. The average Bonchev–Trinajstić information content (AvgIpc) is 2.53. The molecule has 0 bridgehead atoms. The molecule has 2 aromatic carbocycles.